The molecule has 3 rings (SSSR count). The third-order valence-corrected chi connectivity index (χ3v) is 7.08. The molecule has 252 valence electrons. The lowest BCUT2D eigenvalue weighted by Gasteiger charge is -2.25. The number of aliphatic imine (C=N–C) groups is 1. The monoisotopic (exact) mass is 680 g/mol. The quantitative estimate of drug-likeness (QED) is 0.139. The molecule has 3 aromatic rings. The molecule has 1 aromatic heterocycles. The zero-order valence-electron chi connectivity index (χ0n) is 25.8. The Morgan fingerprint density at radius 3 is 1.87 bits per heavy atom. The highest BCUT2D eigenvalue weighted by molar-refractivity contribution is 7.84. The second kappa shape index (κ2) is 13.7. The Kier molecular flexibility index (Phi) is 11.0. The molecule has 46 heavy (non-hydrogen) atoms. The summed E-state index contributed by atoms with van der Waals surface area (Å²) in [7, 11) is 1.37. The summed E-state index contributed by atoms with van der Waals surface area (Å²) in [4.78, 5) is 7.32. The Balaban J connectivity index is 2.26. The maximum atomic E-state index is 13.9. The van der Waals surface area contributed by atoms with Gasteiger partial charge in [0.1, 0.15) is 0 Å². The number of hydrogen-bond donors (Lipinski definition) is 1. The van der Waals surface area contributed by atoms with Crippen LogP contribution in [0, 0.1) is 5.41 Å². The molecule has 6 nitrogen and oxygen atoms in total. The summed E-state index contributed by atoms with van der Waals surface area (Å²) in [6, 6.07) is 4.03. The molecule has 0 spiro atoms. The molecule has 0 fully saturated rings. The van der Waals surface area contributed by atoms with Gasteiger partial charge in [0.15, 0.2) is 0 Å². The van der Waals surface area contributed by atoms with Gasteiger partial charge in [-0.25, -0.2) is 0 Å². The largest absolute Gasteiger partial charge is 0.416 e. The Morgan fingerprint density at radius 1 is 0.848 bits per heavy atom. The first-order valence-electron chi connectivity index (χ1n) is 13.9. The van der Waals surface area contributed by atoms with Crippen LogP contribution in [-0.2, 0) is 38.7 Å². The van der Waals surface area contributed by atoms with Crippen molar-refractivity contribution >= 4 is 30.0 Å². The van der Waals surface area contributed by atoms with E-state index in [-0.39, 0.29) is 34.3 Å². The highest BCUT2D eigenvalue weighted by Gasteiger charge is 2.37. The summed E-state index contributed by atoms with van der Waals surface area (Å²) >= 11 is 4.56. The predicted molar refractivity (Wildman–Crippen MR) is 160 cm³/mol. The summed E-state index contributed by atoms with van der Waals surface area (Å²) in [5.41, 5.74) is -3.51. The van der Waals surface area contributed by atoms with Gasteiger partial charge in [-0.1, -0.05) is 38.9 Å². The Hall–Kier alpha value is -3.56. The Labute approximate surface area is 265 Å². The third kappa shape index (κ3) is 9.97. The second-order valence-corrected chi connectivity index (χ2v) is 12.5. The van der Waals surface area contributed by atoms with Crippen LogP contribution in [0.2, 0.25) is 0 Å². The Bertz CT molecular complexity index is 1560. The number of benzene rings is 2. The number of aromatic nitrogens is 4. The summed E-state index contributed by atoms with van der Waals surface area (Å²) in [6.07, 6.45) is -14.1. The molecular formula is C30H33F9N6S. The summed E-state index contributed by atoms with van der Waals surface area (Å²) in [5, 5.41) is 11.6. The first kappa shape index (κ1) is 36.9. The molecule has 0 amide bonds. The van der Waals surface area contributed by atoms with Crippen molar-refractivity contribution in [2.75, 3.05) is 4.90 Å². The van der Waals surface area contributed by atoms with E-state index in [4.69, 9.17) is 4.99 Å². The summed E-state index contributed by atoms with van der Waals surface area (Å²) in [5.74, 6) is -0.239. The number of anilines is 1. The zero-order valence-corrected chi connectivity index (χ0v) is 26.7. The van der Waals surface area contributed by atoms with Gasteiger partial charge < -0.3 is 4.90 Å². The molecule has 0 atom stereocenters. The molecule has 16 heteroatoms. The average molecular weight is 681 g/mol. The average Bonchev–Trinajstić information content (AvgIpc) is 3.34. The molecule has 0 aliphatic rings. The number of aryl methyl sites for hydroxylation is 1. The van der Waals surface area contributed by atoms with Crippen LogP contribution in [0.25, 0.3) is 5.70 Å². The van der Waals surface area contributed by atoms with Gasteiger partial charge in [0, 0.05) is 29.3 Å². The van der Waals surface area contributed by atoms with Gasteiger partial charge in [0.25, 0.3) is 5.95 Å². The molecular weight excluding hydrogens is 647 g/mol. The number of allylic oxidation sites excluding steroid dienone is 1. The van der Waals surface area contributed by atoms with E-state index in [1.807, 2.05) is 20.8 Å². The molecule has 0 aliphatic heterocycles. The molecule has 0 unspecified atom stereocenters. The fourth-order valence-corrected chi connectivity index (χ4v) is 4.88. The van der Waals surface area contributed by atoms with Crippen LogP contribution in [0.3, 0.4) is 0 Å². The maximum absolute atomic E-state index is 13.9. The number of nitrogens with zero attached hydrogens (tertiary/aromatic N) is 6. The number of rotatable bonds is 9. The molecule has 0 N–H and O–H groups in total. The van der Waals surface area contributed by atoms with Crippen LogP contribution in [0.1, 0.15) is 80.8 Å². The highest BCUT2D eigenvalue weighted by atomic mass is 32.1. The van der Waals surface area contributed by atoms with Gasteiger partial charge in [-0.05, 0) is 71.9 Å². The highest BCUT2D eigenvalue weighted by Crippen LogP contribution is 2.38. The lowest BCUT2D eigenvalue weighted by molar-refractivity contribution is -0.143. The minimum Gasteiger partial charge on any atom is -0.330 e. The van der Waals surface area contributed by atoms with Crippen molar-refractivity contribution in [1.29, 1.82) is 0 Å². The molecule has 0 saturated carbocycles. The third-order valence-electron chi connectivity index (χ3n) is 6.55. The van der Waals surface area contributed by atoms with Crippen LogP contribution in [0.5, 0.6) is 0 Å². The van der Waals surface area contributed by atoms with Crippen molar-refractivity contribution in [3.05, 3.63) is 74.7 Å². The van der Waals surface area contributed by atoms with Crippen molar-refractivity contribution in [3.8, 4) is 0 Å². The lowest BCUT2D eigenvalue weighted by Crippen LogP contribution is -2.25. The van der Waals surface area contributed by atoms with E-state index in [1.54, 1.807) is 13.8 Å². The fourth-order valence-electron chi connectivity index (χ4n) is 4.71. The van der Waals surface area contributed by atoms with Gasteiger partial charge in [0.05, 0.1) is 29.4 Å². The van der Waals surface area contributed by atoms with E-state index < -0.39 is 53.9 Å². The van der Waals surface area contributed by atoms with Crippen molar-refractivity contribution in [1.82, 2.24) is 20.2 Å². The number of alkyl halides is 9. The van der Waals surface area contributed by atoms with E-state index in [9.17, 15) is 39.5 Å². The normalized spacial score (nSPS) is 14.0. The van der Waals surface area contributed by atoms with Crippen LogP contribution >= 0.6 is 12.6 Å². The molecule has 0 bridgehead atoms. The first-order chi connectivity index (χ1) is 21.0. The standard InChI is InChI=1S/C30H33F9N6S/c1-7-24(46)25(40-17(2)14-27(3,4)5)23-9-8-20(28(31,32)33)12-19(23)16-45(26-41-43-44(6)42-26)15-18-10-21(29(34,35)36)13-22(11-18)30(37,38)39/h8-13,46H,7,14-16H2,1-6H3/b25-24-,40-17?. The fraction of sp³-hybridized carbons (Fsp3) is 0.467. The van der Waals surface area contributed by atoms with Gasteiger partial charge in [-0.3, -0.25) is 4.99 Å². The number of halogens is 9. The predicted octanol–water partition coefficient (Wildman–Crippen LogP) is 9.38. The topological polar surface area (TPSA) is 59.2 Å². The van der Waals surface area contributed by atoms with Gasteiger partial charge in [-0.15, -0.1) is 17.7 Å². The molecule has 2 aromatic carbocycles. The van der Waals surface area contributed by atoms with E-state index in [2.05, 4.69) is 28.0 Å². The molecule has 1 heterocycles. The van der Waals surface area contributed by atoms with Crippen LogP contribution in [-0.4, -0.2) is 25.9 Å². The van der Waals surface area contributed by atoms with Crippen LogP contribution < -0.4 is 4.90 Å². The Morgan fingerprint density at radius 2 is 1.41 bits per heavy atom. The summed E-state index contributed by atoms with van der Waals surface area (Å²) < 4.78 is 123. The number of tetrazole rings is 1. The lowest BCUT2D eigenvalue weighted by atomic mass is 9.90. The molecule has 0 saturated heterocycles. The van der Waals surface area contributed by atoms with Crippen molar-refractivity contribution in [2.45, 2.75) is 79.1 Å². The van der Waals surface area contributed by atoms with Gasteiger partial charge in [0.2, 0.25) is 0 Å². The number of hydrogen-bond acceptors (Lipinski definition) is 6. The summed E-state index contributed by atoms with van der Waals surface area (Å²) in [6.45, 7) is 8.42. The number of thiol groups is 1. The smallest absolute Gasteiger partial charge is 0.330 e. The van der Waals surface area contributed by atoms with Crippen molar-refractivity contribution in [3.63, 3.8) is 0 Å². The van der Waals surface area contributed by atoms with Crippen molar-refractivity contribution in [2.24, 2.45) is 17.5 Å². The van der Waals surface area contributed by atoms with Crippen molar-refractivity contribution < 1.29 is 39.5 Å². The molecule has 0 radical (unpaired) electrons. The van der Waals surface area contributed by atoms with E-state index in [1.165, 1.54) is 13.1 Å². The zero-order chi connectivity index (χ0) is 34.8. The minimum atomic E-state index is -5.11. The van der Waals surface area contributed by atoms with E-state index >= 15 is 0 Å². The van der Waals surface area contributed by atoms with Gasteiger partial charge in [-0.2, -0.15) is 44.3 Å². The van der Waals surface area contributed by atoms with Crippen LogP contribution in [0.15, 0.2) is 46.3 Å². The second-order valence-electron chi connectivity index (χ2n) is 12.0. The molecule has 0 aliphatic carbocycles. The van der Waals surface area contributed by atoms with E-state index in [0.29, 0.717) is 35.6 Å². The van der Waals surface area contributed by atoms with Gasteiger partial charge >= 0.3 is 18.5 Å². The maximum Gasteiger partial charge on any atom is 0.416 e. The van der Waals surface area contributed by atoms with Crippen LogP contribution in [0.4, 0.5) is 45.5 Å². The van der Waals surface area contributed by atoms with E-state index in [0.717, 1.165) is 21.8 Å². The first-order valence-corrected chi connectivity index (χ1v) is 14.4. The minimum absolute atomic E-state index is 0.00666. The SMILES string of the molecule is CC/C(S)=C(/N=C(C)CC(C)(C)C)c1ccc(C(F)(F)F)cc1CN(Cc1cc(C(F)(F)F)cc(C(F)(F)F)c1)c1nnn(C)n1.